The number of nitro benzene ring substituents is 1. The molecule has 0 saturated carbocycles. The van der Waals surface area contributed by atoms with Crippen LogP contribution >= 0.6 is 0 Å². The molecule has 1 aromatic carbocycles. The van der Waals surface area contributed by atoms with Crippen LogP contribution in [0.25, 0.3) is 6.08 Å². The Labute approximate surface area is 135 Å². The quantitative estimate of drug-likeness (QED) is 0.389. The van der Waals surface area contributed by atoms with Gasteiger partial charge in [-0.3, -0.25) is 10.1 Å². The predicted molar refractivity (Wildman–Crippen MR) is 86.7 cm³/mol. The summed E-state index contributed by atoms with van der Waals surface area (Å²) in [6.07, 6.45) is 4.94. The lowest BCUT2D eigenvalue weighted by Gasteiger charge is -2.35. The van der Waals surface area contributed by atoms with Crippen LogP contribution in [-0.2, 0) is 9.53 Å². The number of benzene rings is 1. The molecule has 1 aromatic rings. The summed E-state index contributed by atoms with van der Waals surface area (Å²) in [6.45, 7) is 6.02. The van der Waals surface area contributed by atoms with Gasteiger partial charge in [-0.25, -0.2) is 4.79 Å². The van der Waals surface area contributed by atoms with Crippen LogP contribution in [-0.4, -0.2) is 29.6 Å². The Balaban J connectivity index is 1.98. The fourth-order valence-electron chi connectivity index (χ4n) is 2.90. The number of nitrogens with two attached hydrogens (primary N) is 1. The summed E-state index contributed by atoms with van der Waals surface area (Å²) in [5.41, 5.74) is 0.0961. The van der Waals surface area contributed by atoms with E-state index >= 15 is 0 Å². The monoisotopic (exact) mass is 319 g/mol. The third kappa shape index (κ3) is 4.89. The van der Waals surface area contributed by atoms with Crippen molar-refractivity contribution in [3.05, 3.63) is 46.0 Å². The number of quaternary nitrogens is 1. The number of esters is 1. The van der Waals surface area contributed by atoms with E-state index in [1.807, 2.05) is 13.8 Å². The molecule has 6 nitrogen and oxygen atoms in total. The van der Waals surface area contributed by atoms with Gasteiger partial charge in [-0.2, -0.15) is 0 Å². The molecule has 1 aliphatic heterocycles. The zero-order valence-corrected chi connectivity index (χ0v) is 13.5. The highest BCUT2D eigenvalue weighted by Crippen LogP contribution is 2.28. The van der Waals surface area contributed by atoms with Crippen LogP contribution < -0.4 is 5.32 Å². The molecule has 2 rings (SSSR count). The van der Waals surface area contributed by atoms with Gasteiger partial charge < -0.3 is 10.1 Å². The number of hydrogen-bond acceptors (Lipinski definition) is 4. The lowest BCUT2D eigenvalue weighted by Crippen LogP contribution is -2.86. The van der Waals surface area contributed by atoms with Gasteiger partial charge in [0.05, 0.1) is 18.0 Å². The smallest absolute Gasteiger partial charge is 0.331 e. The maximum Gasteiger partial charge on any atom is 0.331 e. The summed E-state index contributed by atoms with van der Waals surface area (Å²) in [4.78, 5) is 22.3. The molecule has 0 bridgehead atoms. The minimum Gasteiger partial charge on any atom is -0.456 e. The van der Waals surface area contributed by atoms with E-state index in [1.54, 1.807) is 18.2 Å². The van der Waals surface area contributed by atoms with E-state index in [9.17, 15) is 14.9 Å². The van der Waals surface area contributed by atoms with E-state index in [4.69, 9.17) is 4.74 Å². The zero-order valence-electron chi connectivity index (χ0n) is 13.5. The van der Waals surface area contributed by atoms with Gasteiger partial charge in [0.2, 0.25) is 0 Å². The Bertz CT molecular complexity index is 604. The fraction of sp³-hybridized carbons (Fsp3) is 0.471. The first-order chi connectivity index (χ1) is 10.9. The zero-order chi connectivity index (χ0) is 16.9. The molecule has 1 aliphatic rings. The first kappa shape index (κ1) is 17.1. The standard InChI is InChI=1S/C17H22N2O4/c1-17(2,14-8-10-18-11-9-14)23-16(20)7-6-13-4-3-5-15(12-13)19(21)22/h3-7,12,14,18H,8-11H2,1-2H3/p+1/b7-6+. The maximum atomic E-state index is 12.0. The van der Waals surface area contributed by atoms with E-state index in [0.29, 0.717) is 11.5 Å². The highest BCUT2D eigenvalue weighted by atomic mass is 16.6. The SMILES string of the molecule is CC(C)(OC(=O)/C=C/c1cccc([N+](=O)[O-])c1)C1CC[NH2+]CC1. The number of nitrogens with zero attached hydrogens (tertiary/aromatic N) is 1. The number of non-ortho nitro benzene ring substituents is 1. The van der Waals surface area contributed by atoms with Crippen LogP contribution in [0.2, 0.25) is 0 Å². The lowest BCUT2D eigenvalue weighted by atomic mass is 9.83. The van der Waals surface area contributed by atoms with Crippen molar-refractivity contribution in [3.63, 3.8) is 0 Å². The summed E-state index contributed by atoms with van der Waals surface area (Å²) in [5, 5.41) is 13.0. The van der Waals surface area contributed by atoms with Crippen molar-refractivity contribution >= 4 is 17.7 Å². The first-order valence-electron chi connectivity index (χ1n) is 7.85. The van der Waals surface area contributed by atoms with Gasteiger partial charge in [0.1, 0.15) is 5.60 Å². The van der Waals surface area contributed by atoms with Crippen molar-refractivity contribution in [3.8, 4) is 0 Å². The van der Waals surface area contributed by atoms with Crippen LogP contribution in [0.1, 0.15) is 32.3 Å². The van der Waals surface area contributed by atoms with Crippen molar-refractivity contribution in [2.75, 3.05) is 13.1 Å². The normalized spacial score (nSPS) is 16.4. The first-order valence-corrected chi connectivity index (χ1v) is 7.85. The highest BCUT2D eigenvalue weighted by Gasteiger charge is 2.34. The average molecular weight is 319 g/mol. The van der Waals surface area contributed by atoms with Crippen molar-refractivity contribution in [1.82, 2.24) is 0 Å². The van der Waals surface area contributed by atoms with E-state index in [1.165, 1.54) is 18.2 Å². The fourth-order valence-corrected chi connectivity index (χ4v) is 2.90. The number of carbonyl (C=O) groups excluding carboxylic acids is 1. The minimum atomic E-state index is -0.502. The molecular formula is C17H23N2O4+. The third-order valence-electron chi connectivity index (χ3n) is 4.28. The van der Waals surface area contributed by atoms with E-state index in [-0.39, 0.29) is 5.69 Å². The summed E-state index contributed by atoms with van der Waals surface area (Å²) in [6, 6.07) is 6.13. The number of ether oxygens (including phenoxy) is 1. The highest BCUT2D eigenvalue weighted by molar-refractivity contribution is 5.87. The number of nitro groups is 1. The Hall–Kier alpha value is -2.21. The molecule has 0 aliphatic carbocycles. The molecule has 0 radical (unpaired) electrons. The van der Waals surface area contributed by atoms with E-state index in [0.717, 1.165) is 25.9 Å². The predicted octanol–water partition coefficient (Wildman–Crippen LogP) is 1.90. The van der Waals surface area contributed by atoms with Crippen molar-refractivity contribution in [2.24, 2.45) is 5.92 Å². The molecule has 0 spiro atoms. The largest absolute Gasteiger partial charge is 0.456 e. The number of carbonyl (C=O) groups is 1. The molecule has 23 heavy (non-hydrogen) atoms. The van der Waals surface area contributed by atoms with Crippen LogP contribution in [0.4, 0.5) is 5.69 Å². The molecule has 6 heteroatoms. The molecule has 1 saturated heterocycles. The molecule has 124 valence electrons. The number of hydrogen-bond donors (Lipinski definition) is 1. The van der Waals surface area contributed by atoms with Gasteiger partial charge in [-0.15, -0.1) is 0 Å². The van der Waals surface area contributed by atoms with Gasteiger partial charge in [-0.05, 0) is 25.5 Å². The summed E-state index contributed by atoms with van der Waals surface area (Å²) in [5.74, 6) is -0.0567. The Morgan fingerprint density at radius 3 is 2.74 bits per heavy atom. The lowest BCUT2D eigenvalue weighted by molar-refractivity contribution is -0.665. The molecule has 2 N–H and O–H groups in total. The third-order valence-corrected chi connectivity index (χ3v) is 4.28. The van der Waals surface area contributed by atoms with Gasteiger partial charge in [0, 0.05) is 37.0 Å². The van der Waals surface area contributed by atoms with Gasteiger partial charge >= 0.3 is 5.97 Å². The average Bonchev–Trinajstić information content (AvgIpc) is 2.53. The Morgan fingerprint density at radius 2 is 2.09 bits per heavy atom. The van der Waals surface area contributed by atoms with Crippen LogP contribution in [0, 0.1) is 16.0 Å². The van der Waals surface area contributed by atoms with Gasteiger partial charge in [-0.1, -0.05) is 12.1 Å². The molecular weight excluding hydrogens is 296 g/mol. The molecule has 0 unspecified atom stereocenters. The molecule has 0 atom stereocenters. The maximum absolute atomic E-state index is 12.0. The van der Waals surface area contributed by atoms with Crippen molar-refractivity contribution < 1.29 is 19.8 Å². The van der Waals surface area contributed by atoms with Crippen LogP contribution in [0.5, 0.6) is 0 Å². The summed E-state index contributed by atoms with van der Waals surface area (Å²) >= 11 is 0. The Kier molecular flexibility index (Phi) is 5.50. The number of rotatable bonds is 5. The second-order valence-corrected chi connectivity index (χ2v) is 6.35. The molecule has 1 heterocycles. The molecule has 1 fully saturated rings. The Morgan fingerprint density at radius 1 is 1.39 bits per heavy atom. The van der Waals surface area contributed by atoms with Crippen molar-refractivity contribution in [2.45, 2.75) is 32.3 Å². The van der Waals surface area contributed by atoms with Gasteiger partial charge in [0.25, 0.3) is 5.69 Å². The van der Waals surface area contributed by atoms with Crippen LogP contribution in [0.15, 0.2) is 30.3 Å². The summed E-state index contributed by atoms with van der Waals surface area (Å²) < 4.78 is 5.60. The van der Waals surface area contributed by atoms with Crippen molar-refractivity contribution in [1.29, 1.82) is 0 Å². The van der Waals surface area contributed by atoms with Crippen LogP contribution in [0.3, 0.4) is 0 Å². The topological polar surface area (TPSA) is 86.0 Å². The minimum absolute atomic E-state index is 0.000646. The second-order valence-electron chi connectivity index (χ2n) is 6.35. The second kappa shape index (κ2) is 7.37. The van der Waals surface area contributed by atoms with Gasteiger partial charge in [0.15, 0.2) is 0 Å². The summed E-state index contributed by atoms with van der Waals surface area (Å²) in [7, 11) is 0. The van der Waals surface area contributed by atoms with E-state index < -0.39 is 16.5 Å². The molecule has 0 aromatic heterocycles. The molecule has 0 amide bonds. The number of piperidine rings is 1. The van der Waals surface area contributed by atoms with E-state index in [2.05, 4.69) is 5.32 Å².